The monoisotopic (exact) mass is 563 g/mol. The largest absolute Gasteiger partial charge is 0.507 e. The topological polar surface area (TPSA) is 85.3 Å². The fraction of sp³-hybridized carbons (Fsp3) is 0.200. The molecule has 1 unspecified atom stereocenters. The van der Waals surface area contributed by atoms with Crippen LogP contribution in [-0.4, -0.2) is 42.0 Å². The Balaban J connectivity index is 1.46. The van der Waals surface area contributed by atoms with Gasteiger partial charge in [-0.05, 0) is 59.5 Å². The number of likely N-dealkylation sites (tertiary alicyclic amines) is 1. The van der Waals surface area contributed by atoms with Crippen molar-refractivity contribution >= 4 is 17.4 Å². The van der Waals surface area contributed by atoms with Gasteiger partial charge in [0, 0.05) is 19.2 Å². The normalized spacial score (nSPS) is 16.0. The molecule has 1 saturated heterocycles. The average Bonchev–Trinajstić information content (AvgIpc) is 3.28. The summed E-state index contributed by atoms with van der Waals surface area (Å²) in [4.78, 5) is 28.0. The molecule has 4 aromatic rings. The molecule has 1 amide bonds. The number of ether oxygens (including phenoxy) is 3. The van der Waals surface area contributed by atoms with Gasteiger partial charge in [0.15, 0.2) is 0 Å². The summed E-state index contributed by atoms with van der Waals surface area (Å²) in [5.41, 5.74) is 3.93. The molecule has 0 aromatic heterocycles. The van der Waals surface area contributed by atoms with Gasteiger partial charge in [-0.15, -0.1) is 0 Å². The molecule has 7 nitrogen and oxygen atoms in total. The molecule has 1 atom stereocenters. The van der Waals surface area contributed by atoms with E-state index in [1.807, 2.05) is 85.8 Å². The second-order valence-electron chi connectivity index (χ2n) is 10.1. The summed E-state index contributed by atoms with van der Waals surface area (Å²) in [6.07, 6.45) is 0. The first kappa shape index (κ1) is 28.6. The number of benzene rings is 4. The van der Waals surface area contributed by atoms with Crippen LogP contribution < -0.4 is 9.47 Å². The van der Waals surface area contributed by atoms with Crippen molar-refractivity contribution in [3.05, 3.63) is 137 Å². The number of hydrogen-bond acceptors (Lipinski definition) is 6. The van der Waals surface area contributed by atoms with Gasteiger partial charge in [0.05, 0.1) is 18.2 Å². The number of Topliss-reactive ketones (excluding diaryl/α,β-unsaturated/α-hetero) is 1. The van der Waals surface area contributed by atoms with E-state index in [0.717, 1.165) is 16.7 Å². The zero-order chi connectivity index (χ0) is 29.5. The first-order valence-corrected chi connectivity index (χ1v) is 13.8. The maximum absolute atomic E-state index is 13.4. The fourth-order valence-electron chi connectivity index (χ4n) is 5.01. The minimum Gasteiger partial charge on any atom is -0.507 e. The lowest BCUT2D eigenvalue weighted by molar-refractivity contribution is -0.140. The Morgan fingerprint density at radius 1 is 0.810 bits per heavy atom. The Morgan fingerprint density at radius 2 is 1.48 bits per heavy atom. The molecule has 1 aliphatic heterocycles. The number of amides is 1. The summed E-state index contributed by atoms with van der Waals surface area (Å²) in [5, 5.41) is 11.5. The van der Waals surface area contributed by atoms with Gasteiger partial charge in [0.1, 0.15) is 30.5 Å². The second-order valence-corrected chi connectivity index (χ2v) is 10.1. The molecule has 0 bridgehead atoms. The van der Waals surface area contributed by atoms with E-state index in [1.54, 1.807) is 24.3 Å². The zero-order valence-electron chi connectivity index (χ0n) is 23.7. The van der Waals surface area contributed by atoms with Crippen molar-refractivity contribution in [3.8, 4) is 11.5 Å². The Morgan fingerprint density at radius 3 is 2.12 bits per heavy atom. The van der Waals surface area contributed by atoms with Gasteiger partial charge in [-0.25, -0.2) is 0 Å². The third-order valence-corrected chi connectivity index (χ3v) is 7.18. The van der Waals surface area contributed by atoms with Crippen LogP contribution >= 0.6 is 0 Å². The number of carbonyl (C=O) groups is 2. The van der Waals surface area contributed by atoms with E-state index >= 15 is 0 Å². The molecular formula is C35H33NO6. The highest BCUT2D eigenvalue weighted by Crippen LogP contribution is 2.40. The maximum Gasteiger partial charge on any atom is 0.295 e. The van der Waals surface area contributed by atoms with Gasteiger partial charge in [0.25, 0.3) is 11.7 Å². The Hall–Kier alpha value is -4.88. The summed E-state index contributed by atoms with van der Waals surface area (Å²) in [7, 11) is 1.54. The second kappa shape index (κ2) is 13.2. The SMILES string of the molecule is COCCN1C(=O)C(=O)/C(=C(/O)c2ccc(OCc3ccccc3)c(C)c2)C1c1cccc(OCc2ccccc2)c1. The van der Waals surface area contributed by atoms with Gasteiger partial charge in [-0.2, -0.15) is 0 Å². The van der Waals surface area contributed by atoms with E-state index in [9.17, 15) is 14.7 Å². The van der Waals surface area contributed by atoms with Crippen molar-refractivity contribution in [3.63, 3.8) is 0 Å². The number of hydrogen-bond donors (Lipinski definition) is 1. The third-order valence-electron chi connectivity index (χ3n) is 7.18. The predicted molar refractivity (Wildman–Crippen MR) is 160 cm³/mol. The van der Waals surface area contributed by atoms with E-state index in [0.29, 0.717) is 35.8 Å². The number of aliphatic hydroxyl groups excluding tert-OH is 1. The van der Waals surface area contributed by atoms with Crippen molar-refractivity contribution in [2.75, 3.05) is 20.3 Å². The van der Waals surface area contributed by atoms with Crippen molar-refractivity contribution in [1.29, 1.82) is 0 Å². The standard InChI is InChI=1S/C35H33NO6/c1-24-20-28(16-17-30(24)42-23-26-12-7-4-8-13-26)33(37)31-32(36(18-19-40-2)35(39)34(31)38)27-14-9-15-29(21-27)41-22-25-10-5-3-6-11-25/h3-17,20-21,32,37H,18-19,22-23H2,1-2H3/b33-31+. The fourth-order valence-corrected chi connectivity index (χ4v) is 5.01. The number of ketones is 1. The van der Waals surface area contributed by atoms with Crippen LogP contribution in [-0.2, 0) is 27.5 Å². The van der Waals surface area contributed by atoms with Crippen LogP contribution in [0.4, 0.5) is 0 Å². The van der Waals surface area contributed by atoms with E-state index in [4.69, 9.17) is 14.2 Å². The molecule has 1 aliphatic rings. The molecule has 0 saturated carbocycles. The van der Waals surface area contributed by atoms with Crippen molar-refractivity contribution < 1.29 is 28.9 Å². The molecule has 0 aliphatic carbocycles. The smallest absolute Gasteiger partial charge is 0.295 e. The lowest BCUT2D eigenvalue weighted by Crippen LogP contribution is -2.32. The predicted octanol–water partition coefficient (Wildman–Crippen LogP) is 6.22. The van der Waals surface area contributed by atoms with Gasteiger partial charge >= 0.3 is 0 Å². The van der Waals surface area contributed by atoms with Gasteiger partial charge in [0.2, 0.25) is 0 Å². The molecule has 1 heterocycles. The summed E-state index contributed by atoms with van der Waals surface area (Å²) in [6, 6.07) is 31.3. The van der Waals surface area contributed by atoms with Crippen LogP contribution in [0.3, 0.4) is 0 Å². The van der Waals surface area contributed by atoms with Crippen LogP contribution in [0.5, 0.6) is 11.5 Å². The average molecular weight is 564 g/mol. The number of aliphatic hydroxyl groups is 1. The molecule has 4 aromatic carbocycles. The maximum atomic E-state index is 13.4. The third kappa shape index (κ3) is 6.37. The van der Waals surface area contributed by atoms with Crippen LogP contribution in [0, 0.1) is 6.92 Å². The first-order valence-electron chi connectivity index (χ1n) is 13.8. The highest BCUT2D eigenvalue weighted by atomic mass is 16.5. The van der Waals surface area contributed by atoms with E-state index in [1.165, 1.54) is 12.0 Å². The van der Waals surface area contributed by atoms with E-state index < -0.39 is 17.7 Å². The number of aryl methyl sites for hydroxylation is 1. The molecule has 1 N–H and O–H groups in total. The molecule has 0 radical (unpaired) electrons. The van der Waals surface area contributed by atoms with Crippen LogP contribution in [0.25, 0.3) is 5.76 Å². The summed E-state index contributed by atoms with van der Waals surface area (Å²) >= 11 is 0. The summed E-state index contributed by atoms with van der Waals surface area (Å²) in [6.45, 7) is 3.06. The first-order chi connectivity index (χ1) is 20.5. The zero-order valence-corrected chi connectivity index (χ0v) is 23.7. The van der Waals surface area contributed by atoms with Crippen LogP contribution in [0.2, 0.25) is 0 Å². The summed E-state index contributed by atoms with van der Waals surface area (Å²) in [5.74, 6) is -0.424. The lowest BCUT2D eigenvalue weighted by Gasteiger charge is -2.25. The van der Waals surface area contributed by atoms with Gasteiger partial charge in [-0.1, -0.05) is 72.8 Å². The van der Waals surface area contributed by atoms with Gasteiger partial charge < -0.3 is 24.2 Å². The minimum absolute atomic E-state index is 0.0219. The van der Waals surface area contributed by atoms with Crippen LogP contribution in [0.15, 0.2) is 109 Å². The van der Waals surface area contributed by atoms with Gasteiger partial charge in [-0.3, -0.25) is 9.59 Å². The summed E-state index contributed by atoms with van der Waals surface area (Å²) < 4.78 is 17.2. The molecule has 5 rings (SSSR count). The molecular weight excluding hydrogens is 530 g/mol. The highest BCUT2D eigenvalue weighted by molar-refractivity contribution is 6.46. The Bertz CT molecular complexity index is 1580. The molecule has 214 valence electrons. The number of rotatable bonds is 11. The van der Waals surface area contributed by atoms with Crippen molar-refractivity contribution in [1.82, 2.24) is 4.90 Å². The van der Waals surface area contributed by atoms with E-state index in [-0.39, 0.29) is 24.5 Å². The quantitative estimate of drug-likeness (QED) is 0.132. The molecule has 1 fully saturated rings. The van der Waals surface area contributed by atoms with Crippen LogP contribution in [0.1, 0.15) is 33.9 Å². The van der Waals surface area contributed by atoms with E-state index in [2.05, 4.69) is 0 Å². The molecule has 0 spiro atoms. The number of carbonyl (C=O) groups excluding carboxylic acids is 2. The number of nitrogens with zero attached hydrogens (tertiary/aromatic N) is 1. The highest BCUT2D eigenvalue weighted by Gasteiger charge is 2.46. The van der Waals surface area contributed by atoms with Crippen molar-refractivity contribution in [2.24, 2.45) is 0 Å². The Kier molecular flexibility index (Phi) is 8.99. The number of methoxy groups -OCH3 is 1. The van der Waals surface area contributed by atoms with Crippen molar-refractivity contribution in [2.45, 2.75) is 26.2 Å². The Labute approximate surface area is 245 Å². The molecule has 42 heavy (non-hydrogen) atoms. The molecule has 7 heteroatoms. The minimum atomic E-state index is -0.810. The lowest BCUT2D eigenvalue weighted by atomic mass is 9.94.